The lowest BCUT2D eigenvalue weighted by atomic mass is 10.2. The molecule has 9 nitrogen and oxygen atoms in total. The maximum Gasteiger partial charge on any atom is 0.284 e. The van der Waals surface area contributed by atoms with Crippen molar-refractivity contribution in [1.82, 2.24) is 29.1 Å². The molecule has 5 aromatic rings. The fraction of sp³-hybridized carbons (Fsp3) is 0.217. The number of nitrogens with zero attached hydrogens (tertiary/aromatic N) is 6. The molecule has 1 aromatic carbocycles. The van der Waals surface area contributed by atoms with Crippen LogP contribution in [0.4, 0.5) is 10.2 Å². The lowest BCUT2D eigenvalue weighted by Gasteiger charge is -2.27. The van der Waals surface area contributed by atoms with Crippen molar-refractivity contribution in [2.75, 3.05) is 17.7 Å². The van der Waals surface area contributed by atoms with Gasteiger partial charge in [0, 0.05) is 25.2 Å². The van der Waals surface area contributed by atoms with Crippen molar-refractivity contribution in [3.05, 3.63) is 76.1 Å². The number of hydrogen-bond acceptors (Lipinski definition) is 6. The minimum absolute atomic E-state index is 0. The van der Waals surface area contributed by atoms with Crippen LogP contribution in [0.1, 0.15) is 24.7 Å². The molecule has 0 saturated carbocycles. The molecule has 1 unspecified atom stereocenters. The summed E-state index contributed by atoms with van der Waals surface area (Å²) in [5.74, 6) is 0.686. The van der Waals surface area contributed by atoms with E-state index < -0.39 is 16.6 Å². The standard InChI is InChI=1S/C23H19ClFN7O2S.H2S/c1-35(34)17-11-26-20-18(17)22(28-12-27-20)30-9-2-3-16(30)21-29-31-10-8-15(24)19(31)23(33)32(21)14-6-4-13(25)5-7-14;/h4-8,10-12,16H,2-3,9H2,1H3,(H,26,27,28);1H2/t16-,35?;/m0./s1. The SMILES string of the molecule is CS(=O)c1c[nH]c2ncnc(N3CCC[C@H]3c3nn4ccc(Cl)c4c(=O)n3-c3ccc(F)cc3)c12.S. The Morgan fingerprint density at radius 2 is 1.97 bits per heavy atom. The van der Waals surface area contributed by atoms with Gasteiger partial charge in [-0.3, -0.25) is 13.6 Å². The number of aromatic amines is 1. The zero-order valence-corrected chi connectivity index (χ0v) is 21.6. The van der Waals surface area contributed by atoms with Crippen LogP contribution in [-0.4, -0.2) is 46.1 Å². The first-order valence-electron chi connectivity index (χ1n) is 10.9. The summed E-state index contributed by atoms with van der Waals surface area (Å²) in [6, 6.07) is 6.98. The molecule has 4 aromatic heterocycles. The second kappa shape index (κ2) is 9.34. The molecule has 186 valence electrons. The zero-order valence-electron chi connectivity index (χ0n) is 19.0. The van der Waals surface area contributed by atoms with Crippen LogP contribution >= 0.6 is 25.1 Å². The number of rotatable bonds is 4. The average Bonchev–Trinajstić information content (AvgIpc) is 3.58. The number of aromatic nitrogens is 6. The van der Waals surface area contributed by atoms with Crippen LogP contribution in [0.5, 0.6) is 0 Å². The van der Waals surface area contributed by atoms with Gasteiger partial charge in [-0.05, 0) is 43.2 Å². The van der Waals surface area contributed by atoms with Gasteiger partial charge in [0.1, 0.15) is 29.1 Å². The number of hydrogen-bond donors (Lipinski definition) is 1. The van der Waals surface area contributed by atoms with Crippen molar-refractivity contribution in [3.63, 3.8) is 0 Å². The first-order valence-corrected chi connectivity index (χ1v) is 12.9. The maximum absolute atomic E-state index is 13.7. The van der Waals surface area contributed by atoms with Gasteiger partial charge in [0.2, 0.25) is 0 Å². The van der Waals surface area contributed by atoms with Crippen LogP contribution in [0.25, 0.3) is 22.2 Å². The van der Waals surface area contributed by atoms with Crippen molar-refractivity contribution in [2.45, 2.75) is 23.8 Å². The molecule has 1 aliphatic rings. The van der Waals surface area contributed by atoms with Crippen molar-refractivity contribution < 1.29 is 8.60 Å². The van der Waals surface area contributed by atoms with E-state index in [1.807, 2.05) is 0 Å². The summed E-state index contributed by atoms with van der Waals surface area (Å²) in [6.45, 7) is 0.654. The summed E-state index contributed by atoms with van der Waals surface area (Å²) in [5.41, 5.74) is 0.953. The summed E-state index contributed by atoms with van der Waals surface area (Å²) in [7, 11) is -1.26. The minimum atomic E-state index is -1.26. The molecule has 1 aliphatic heterocycles. The van der Waals surface area contributed by atoms with E-state index in [0.717, 1.165) is 6.42 Å². The fourth-order valence-electron chi connectivity index (χ4n) is 4.75. The Morgan fingerprint density at radius 3 is 2.72 bits per heavy atom. The molecule has 5 heterocycles. The second-order valence-electron chi connectivity index (χ2n) is 8.31. The predicted octanol–water partition coefficient (Wildman–Crippen LogP) is 3.74. The number of fused-ring (bicyclic) bond motifs is 2. The van der Waals surface area contributed by atoms with Crippen molar-refractivity contribution in [3.8, 4) is 5.69 Å². The van der Waals surface area contributed by atoms with E-state index in [2.05, 4.69) is 19.9 Å². The molecule has 1 fully saturated rings. The third-order valence-corrected chi connectivity index (χ3v) is 7.54. The smallest absolute Gasteiger partial charge is 0.284 e. The Kier molecular flexibility index (Phi) is 6.35. The van der Waals surface area contributed by atoms with Crippen molar-refractivity contribution in [2.24, 2.45) is 0 Å². The Labute approximate surface area is 218 Å². The summed E-state index contributed by atoms with van der Waals surface area (Å²) >= 11 is 6.31. The molecular weight excluding hydrogens is 525 g/mol. The summed E-state index contributed by atoms with van der Waals surface area (Å²) in [5, 5.41) is 5.75. The van der Waals surface area contributed by atoms with Crippen LogP contribution in [0.2, 0.25) is 5.02 Å². The number of nitrogens with one attached hydrogen (secondary N) is 1. The van der Waals surface area contributed by atoms with E-state index in [4.69, 9.17) is 16.7 Å². The first kappa shape index (κ1) is 24.5. The number of H-pyrrole nitrogens is 1. The van der Waals surface area contributed by atoms with E-state index in [-0.39, 0.29) is 35.6 Å². The molecule has 0 bridgehead atoms. The van der Waals surface area contributed by atoms with Crippen molar-refractivity contribution >= 4 is 58.3 Å². The summed E-state index contributed by atoms with van der Waals surface area (Å²) in [6.07, 6.45) is 7.93. The van der Waals surface area contributed by atoms with Gasteiger partial charge in [-0.1, -0.05) is 11.6 Å². The summed E-state index contributed by atoms with van der Waals surface area (Å²) < 4.78 is 29.1. The molecule has 6 rings (SSSR count). The van der Waals surface area contributed by atoms with E-state index in [0.29, 0.717) is 46.2 Å². The molecule has 0 spiro atoms. The van der Waals surface area contributed by atoms with Crippen LogP contribution in [0.3, 0.4) is 0 Å². The number of benzene rings is 1. The van der Waals surface area contributed by atoms with Crippen molar-refractivity contribution in [1.29, 1.82) is 0 Å². The molecule has 0 radical (unpaired) electrons. The highest BCUT2D eigenvalue weighted by Gasteiger charge is 2.34. The van der Waals surface area contributed by atoms with Crippen LogP contribution in [-0.2, 0) is 10.8 Å². The van der Waals surface area contributed by atoms with Gasteiger partial charge in [0.25, 0.3) is 5.56 Å². The Morgan fingerprint density at radius 1 is 1.19 bits per heavy atom. The van der Waals surface area contributed by atoms with Gasteiger partial charge in [-0.2, -0.15) is 18.6 Å². The maximum atomic E-state index is 13.7. The highest BCUT2D eigenvalue weighted by Crippen LogP contribution is 2.39. The Hall–Kier alpha value is -3.22. The molecule has 0 amide bonds. The number of halogens is 2. The lowest BCUT2D eigenvalue weighted by molar-refractivity contribution is 0.599. The van der Waals surface area contributed by atoms with Gasteiger partial charge < -0.3 is 9.88 Å². The summed E-state index contributed by atoms with van der Waals surface area (Å²) in [4.78, 5) is 28.3. The number of anilines is 1. The quantitative estimate of drug-likeness (QED) is 0.369. The van der Waals surface area contributed by atoms with Gasteiger partial charge in [0.05, 0.1) is 37.8 Å². The third-order valence-electron chi connectivity index (χ3n) is 6.29. The minimum Gasteiger partial charge on any atom is -0.346 e. The lowest BCUT2D eigenvalue weighted by Crippen LogP contribution is -2.33. The Balaban J connectivity index is 0.00000267. The van der Waals surface area contributed by atoms with Gasteiger partial charge in [-0.25, -0.2) is 18.9 Å². The van der Waals surface area contributed by atoms with Gasteiger partial charge >= 0.3 is 0 Å². The molecule has 0 aliphatic carbocycles. The highest BCUT2D eigenvalue weighted by atomic mass is 35.5. The van der Waals surface area contributed by atoms with E-state index in [1.165, 1.54) is 27.5 Å². The molecule has 2 atom stereocenters. The van der Waals surface area contributed by atoms with E-state index in [9.17, 15) is 13.4 Å². The molecule has 1 N–H and O–H groups in total. The predicted molar refractivity (Wildman–Crippen MR) is 142 cm³/mol. The molecular formula is C23H21ClFN7O2S2. The van der Waals surface area contributed by atoms with Gasteiger partial charge in [-0.15, -0.1) is 0 Å². The van der Waals surface area contributed by atoms with Crippen LogP contribution in [0.15, 0.2) is 58.7 Å². The second-order valence-corrected chi connectivity index (χ2v) is 10.1. The normalized spacial score (nSPS) is 16.5. The van der Waals surface area contributed by atoms with Crippen LogP contribution < -0.4 is 10.5 Å². The van der Waals surface area contributed by atoms with Gasteiger partial charge in [0.15, 0.2) is 5.82 Å². The Bertz CT molecular complexity index is 1680. The zero-order chi connectivity index (χ0) is 24.3. The fourth-order valence-corrected chi connectivity index (χ4v) is 5.68. The first-order chi connectivity index (χ1) is 16.9. The molecule has 1 saturated heterocycles. The molecule has 36 heavy (non-hydrogen) atoms. The topological polar surface area (TPSA) is 101 Å². The van der Waals surface area contributed by atoms with Crippen LogP contribution in [0, 0.1) is 5.82 Å². The average molecular weight is 546 g/mol. The van der Waals surface area contributed by atoms with E-state index in [1.54, 1.807) is 36.8 Å². The largest absolute Gasteiger partial charge is 0.346 e. The monoisotopic (exact) mass is 545 g/mol. The highest BCUT2D eigenvalue weighted by molar-refractivity contribution is 7.84. The third kappa shape index (κ3) is 3.80. The molecule has 13 heteroatoms. The van der Waals surface area contributed by atoms with E-state index >= 15 is 0 Å².